The lowest BCUT2D eigenvalue weighted by atomic mass is 10.1. The minimum absolute atomic E-state index is 0.516. The molecule has 0 saturated heterocycles. The normalized spacial score (nSPS) is 10.8. The molecule has 2 N–H and O–H groups in total. The van der Waals surface area contributed by atoms with E-state index < -0.39 is 0 Å². The van der Waals surface area contributed by atoms with Gasteiger partial charge in [-0.3, -0.25) is 4.98 Å². The molecule has 3 aromatic rings. The second kappa shape index (κ2) is 4.86. The van der Waals surface area contributed by atoms with E-state index in [4.69, 9.17) is 17.3 Å². The molecule has 2 heterocycles. The molecular formula is C15H12ClN3. The van der Waals surface area contributed by atoms with Crippen LogP contribution in [0.5, 0.6) is 0 Å². The van der Waals surface area contributed by atoms with Crippen molar-refractivity contribution in [3.05, 3.63) is 64.9 Å². The van der Waals surface area contributed by atoms with Crippen molar-refractivity contribution < 1.29 is 0 Å². The highest BCUT2D eigenvalue weighted by molar-refractivity contribution is 6.30. The van der Waals surface area contributed by atoms with Crippen LogP contribution in [-0.2, 0) is 6.42 Å². The third-order valence-corrected chi connectivity index (χ3v) is 3.19. The second-order valence-electron chi connectivity index (χ2n) is 4.38. The van der Waals surface area contributed by atoms with Crippen LogP contribution in [0.25, 0.3) is 10.9 Å². The van der Waals surface area contributed by atoms with Gasteiger partial charge in [0.1, 0.15) is 5.82 Å². The van der Waals surface area contributed by atoms with E-state index in [0.29, 0.717) is 12.2 Å². The first-order valence-corrected chi connectivity index (χ1v) is 6.35. The summed E-state index contributed by atoms with van der Waals surface area (Å²) in [5.74, 6) is 0.516. The van der Waals surface area contributed by atoms with Gasteiger partial charge in [-0.05, 0) is 35.9 Å². The van der Waals surface area contributed by atoms with E-state index in [0.717, 1.165) is 27.2 Å². The monoisotopic (exact) mass is 269 g/mol. The van der Waals surface area contributed by atoms with Crippen LogP contribution in [0.2, 0.25) is 5.02 Å². The summed E-state index contributed by atoms with van der Waals surface area (Å²) >= 11 is 5.98. The first-order chi connectivity index (χ1) is 9.22. The number of aromatic nitrogens is 2. The Morgan fingerprint density at radius 3 is 2.84 bits per heavy atom. The van der Waals surface area contributed by atoms with Gasteiger partial charge < -0.3 is 5.73 Å². The van der Waals surface area contributed by atoms with Crippen molar-refractivity contribution in [2.45, 2.75) is 6.42 Å². The van der Waals surface area contributed by atoms with E-state index in [1.54, 1.807) is 6.20 Å². The van der Waals surface area contributed by atoms with Crippen LogP contribution >= 0.6 is 11.6 Å². The summed E-state index contributed by atoms with van der Waals surface area (Å²) in [6.45, 7) is 0. The predicted molar refractivity (Wildman–Crippen MR) is 78.2 cm³/mol. The lowest BCUT2D eigenvalue weighted by Crippen LogP contribution is -1.99. The van der Waals surface area contributed by atoms with Gasteiger partial charge in [0, 0.05) is 28.7 Å². The molecule has 19 heavy (non-hydrogen) atoms. The SMILES string of the molecule is Nc1nc(Cc2cccc(Cl)c2)cc2ncccc12. The summed E-state index contributed by atoms with van der Waals surface area (Å²) in [5.41, 5.74) is 8.83. The highest BCUT2D eigenvalue weighted by atomic mass is 35.5. The summed E-state index contributed by atoms with van der Waals surface area (Å²) in [5, 5.41) is 1.61. The summed E-state index contributed by atoms with van der Waals surface area (Å²) < 4.78 is 0. The molecule has 0 unspecified atom stereocenters. The fourth-order valence-corrected chi connectivity index (χ4v) is 2.31. The van der Waals surface area contributed by atoms with Gasteiger partial charge in [0.25, 0.3) is 0 Å². The Hall–Kier alpha value is -2.13. The number of halogens is 1. The topological polar surface area (TPSA) is 51.8 Å². The Balaban J connectivity index is 2.02. The predicted octanol–water partition coefficient (Wildman–Crippen LogP) is 3.46. The van der Waals surface area contributed by atoms with Gasteiger partial charge in [-0.25, -0.2) is 4.98 Å². The minimum Gasteiger partial charge on any atom is -0.383 e. The van der Waals surface area contributed by atoms with Crippen molar-refractivity contribution in [1.29, 1.82) is 0 Å². The fraction of sp³-hybridized carbons (Fsp3) is 0.0667. The summed E-state index contributed by atoms with van der Waals surface area (Å²) in [6, 6.07) is 13.5. The maximum Gasteiger partial charge on any atom is 0.133 e. The van der Waals surface area contributed by atoms with E-state index in [1.165, 1.54) is 0 Å². The van der Waals surface area contributed by atoms with E-state index in [-0.39, 0.29) is 0 Å². The molecule has 0 radical (unpaired) electrons. The Morgan fingerprint density at radius 2 is 2.00 bits per heavy atom. The number of fused-ring (bicyclic) bond motifs is 1. The minimum atomic E-state index is 0.516. The maximum atomic E-state index is 5.98. The fourth-order valence-electron chi connectivity index (χ4n) is 2.10. The van der Waals surface area contributed by atoms with Crippen molar-refractivity contribution in [2.75, 3.05) is 5.73 Å². The van der Waals surface area contributed by atoms with Gasteiger partial charge in [-0.1, -0.05) is 23.7 Å². The van der Waals surface area contributed by atoms with Crippen molar-refractivity contribution in [2.24, 2.45) is 0 Å². The number of nitrogens with zero attached hydrogens (tertiary/aromatic N) is 2. The van der Waals surface area contributed by atoms with E-state index >= 15 is 0 Å². The average Bonchev–Trinajstić information content (AvgIpc) is 2.39. The lowest BCUT2D eigenvalue weighted by Gasteiger charge is -2.06. The Bertz CT molecular complexity index is 740. The van der Waals surface area contributed by atoms with Crippen molar-refractivity contribution in [1.82, 2.24) is 9.97 Å². The lowest BCUT2D eigenvalue weighted by molar-refractivity contribution is 1.09. The van der Waals surface area contributed by atoms with Crippen LogP contribution in [0.1, 0.15) is 11.3 Å². The van der Waals surface area contributed by atoms with Crippen LogP contribution in [-0.4, -0.2) is 9.97 Å². The van der Waals surface area contributed by atoms with E-state index in [1.807, 2.05) is 42.5 Å². The molecule has 1 aromatic carbocycles. The smallest absolute Gasteiger partial charge is 0.133 e. The molecule has 0 aliphatic carbocycles. The molecule has 0 bridgehead atoms. The Kier molecular flexibility index (Phi) is 3.05. The third-order valence-electron chi connectivity index (χ3n) is 2.96. The van der Waals surface area contributed by atoms with Crippen LogP contribution < -0.4 is 5.73 Å². The van der Waals surface area contributed by atoms with Crippen LogP contribution in [0.4, 0.5) is 5.82 Å². The zero-order chi connectivity index (χ0) is 13.2. The van der Waals surface area contributed by atoms with Crippen molar-refractivity contribution >= 4 is 28.3 Å². The first kappa shape index (κ1) is 11.9. The zero-order valence-corrected chi connectivity index (χ0v) is 10.9. The largest absolute Gasteiger partial charge is 0.383 e. The van der Waals surface area contributed by atoms with Gasteiger partial charge >= 0.3 is 0 Å². The highest BCUT2D eigenvalue weighted by Crippen LogP contribution is 2.20. The molecule has 3 rings (SSSR count). The first-order valence-electron chi connectivity index (χ1n) is 5.97. The van der Waals surface area contributed by atoms with Gasteiger partial charge in [-0.2, -0.15) is 0 Å². The van der Waals surface area contributed by atoms with Crippen molar-refractivity contribution in [3.8, 4) is 0 Å². The second-order valence-corrected chi connectivity index (χ2v) is 4.81. The number of nitrogen functional groups attached to an aromatic ring is 1. The average molecular weight is 270 g/mol. The molecule has 0 fully saturated rings. The van der Waals surface area contributed by atoms with E-state index in [2.05, 4.69) is 9.97 Å². The molecule has 0 amide bonds. The van der Waals surface area contributed by atoms with Crippen LogP contribution in [0.3, 0.4) is 0 Å². The molecule has 3 nitrogen and oxygen atoms in total. The summed E-state index contributed by atoms with van der Waals surface area (Å²) in [7, 11) is 0. The van der Waals surface area contributed by atoms with Gasteiger partial charge in [0.15, 0.2) is 0 Å². The third kappa shape index (κ3) is 2.51. The Labute approximate surface area is 116 Å². The number of pyridine rings is 2. The van der Waals surface area contributed by atoms with Gasteiger partial charge in [0.2, 0.25) is 0 Å². The number of anilines is 1. The number of hydrogen-bond acceptors (Lipinski definition) is 3. The standard InChI is InChI=1S/C15H12ClN3/c16-11-4-1-3-10(7-11)8-12-9-14-13(15(17)19-12)5-2-6-18-14/h1-7,9H,8H2,(H2,17,19). The number of benzene rings is 1. The van der Waals surface area contributed by atoms with Gasteiger partial charge in [-0.15, -0.1) is 0 Å². The quantitative estimate of drug-likeness (QED) is 0.775. The molecule has 2 aromatic heterocycles. The zero-order valence-electron chi connectivity index (χ0n) is 10.2. The molecule has 0 aliphatic heterocycles. The highest BCUT2D eigenvalue weighted by Gasteiger charge is 2.05. The van der Waals surface area contributed by atoms with Crippen molar-refractivity contribution in [3.63, 3.8) is 0 Å². The molecule has 0 saturated carbocycles. The molecule has 0 atom stereocenters. The summed E-state index contributed by atoms with van der Waals surface area (Å²) in [6.07, 6.45) is 2.45. The molecule has 4 heteroatoms. The molecular weight excluding hydrogens is 258 g/mol. The summed E-state index contributed by atoms with van der Waals surface area (Å²) in [4.78, 5) is 8.74. The number of hydrogen-bond donors (Lipinski definition) is 1. The number of rotatable bonds is 2. The Morgan fingerprint density at radius 1 is 1.11 bits per heavy atom. The van der Waals surface area contributed by atoms with E-state index in [9.17, 15) is 0 Å². The number of nitrogens with two attached hydrogens (primary N) is 1. The van der Waals surface area contributed by atoms with Crippen LogP contribution in [0, 0.1) is 0 Å². The van der Waals surface area contributed by atoms with Crippen LogP contribution in [0.15, 0.2) is 48.7 Å². The molecule has 0 spiro atoms. The molecule has 94 valence electrons. The van der Waals surface area contributed by atoms with Gasteiger partial charge in [0.05, 0.1) is 5.52 Å². The maximum absolute atomic E-state index is 5.98. The molecule has 0 aliphatic rings.